The molecule has 4 aromatic carbocycles. The second-order valence-corrected chi connectivity index (χ2v) is 10.1. The number of rotatable bonds is 10. The van der Waals surface area contributed by atoms with Crippen molar-refractivity contribution in [3.05, 3.63) is 106 Å². The lowest BCUT2D eigenvalue weighted by Gasteiger charge is -2.15. The van der Waals surface area contributed by atoms with Gasteiger partial charge in [0.25, 0.3) is 5.91 Å². The molecule has 9 heteroatoms. The summed E-state index contributed by atoms with van der Waals surface area (Å²) in [4.78, 5) is 39.2. The van der Waals surface area contributed by atoms with E-state index in [4.69, 9.17) is 21.1 Å². The van der Waals surface area contributed by atoms with Gasteiger partial charge < -0.3 is 20.1 Å². The van der Waals surface area contributed by atoms with Gasteiger partial charge in [0.1, 0.15) is 18.8 Å². The van der Waals surface area contributed by atoms with E-state index >= 15 is 0 Å². The molecular weight excluding hydrogens is 554 g/mol. The molecule has 1 aliphatic rings. The van der Waals surface area contributed by atoms with Crippen LogP contribution in [-0.4, -0.2) is 35.9 Å². The van der Waals surface area contributed by atoms with Crippen LogP contribution in [0.15, 0.2) is 84.6 Å². The lowest BCUT2D eigenvalue weighted by Crippen LogP contribution is -2.38. The van der Waals surface area contributed by atoms with Gasteiger partial charge in [0.2, 0.25) is 5.91 Å². The van der Waals surface area contributed by atoms with E-state index in [1.807, 2.05) is 62.4 Å². The smallest absolute Gasteiger partial charge is 0.329 e. The Bertz CT molecular complexity index is 1700. The van der Waals surface area contributed by atoms with E-state index in [1.165, 1.54) is 6.08 Å². The first-order valence-electron chi connectivity index (χ1n) is 13.7. The molecule has 1 heterocycles. The summed E-state index contributed by atoms with van der Waals surface area (Å²) in [5, 5.41) is 7.86. The third kappa shape index (κ3) is 6.39. The number of amides is 4. The first-order valence-corrected chi connectivity index (χ1v) is 14.0. The van der Waals surface area contributed by atoms with Crippen molar-refractivity contribution < 1.29 is 23.9 Å². The Morgan fingerprint density at radius 3 is 2.50 bits per heavy atom. The van der Waals surface area contributed by atoms with Gasteiger partial charge in [-0.2, -0.15) is 0 Å². The van der Waals surface area contributed by atoms with Crippen molar-refractivity contribution in [3.8, 4) is 11.5 Å². The number of para-hydroxylation sites is 1. The van der Waals surface area contributed by atoms with Crippen LogP contribution in [0.3, 0.4) is 0 Å². The number of nitrogens with one attached hydrogen (secondary N) is 2. The third-order valence-electron chi connectivity index (χ3n) is 6.78. The van der Waals surface area contributed by atoms with Gasteiger partial charge in [-0.15, -0.1) is 0 Å². The largest absolute Gasteiger partial charge is 0.490 e. The molecule has 4 amide bonds. The maximum absolute atomic E-state index is 13.1. The predicted octanol–water partition coefficient (Wildman–Crippen LogP) is 6.56. The average molecular weight is 584 g/mol. The topological polar surface area (TPSA) is 97.0 Å². The van der Waals surface area contributed by atoms with Gasteiger partial charge in [-0.1, -0.05) is 73.1 Å². The molecule has 5 rings (SSSR count). The molecule has 0 aliphatic carbocycles. The number of nitrogens with zero attached hydrogens (tertiary/aromatic N) is 1. The van der Waals surface area contributed by atoms with Crippen LogP contribution < -0.4 is 20.1 Å². The minimum Gasteiger partial charge on any atom is -0.490 e. The van der Waals surface area contributed by atoms with E-state index in [1.54, 1.807) is 18.2 Å². The van der Waals surface area contributed by atoms with Crippen LogP contribution in [0.1, 0.15) is 30.5 Å². The van der Waals surface area contributed by atoms with Crippen molar-refractivity contribution in [1.29, 1.82) is 0 Å². The summed E-state index contributed by atoms with van der Waals surface area (Å²) in [5.74, 6) is -0.318. The molecule has 0 saturated carbocycles. The molecule has 0 unspecified atom stereocenters. The number of aryl methyl sites for hydroxylation is 1. The fourth-order valence-electron chi connectivity index (χ4n) is 4.72. The number of hydrogen-bond donors (Lipinski definition) is 2. The molecule has 8 nitrogen and oxygen atoms in total. The SMILES string of the molecule is CCOc1cc(/C=C2/NC(=O)N(CC(=O)Nc3ccccc3CC)C2=O)cc(Cl)c1OCc1ccc2ccccc2c1. The number of ether oxygens (including phenoxy) is 2. The third-order valence-corrected chi connectivity index (χ3v) is 7.06. The highest BCUT2D eigenvalue weighted by molar-refractivity contribution is 6.32. The quantitative estimate of drug-likeness (QED) is 0.163. The van der Waals surface area contributed by atoms with Crippen molar-refractivity contribution in [1.82, 2.24) is 10.2 Å². The van der Waals surface area contributed by atoms with E-state index in [9.17, 15) is 14.4 Å². The number of halogens is 1. The number of benzene rings is 4. The highest BCUT2D eigenvalue weighted by atomic mass is 35.5. The van der Waals surface area contributed by atoms with Gasteiger partial charge in [-0.25, -0.2) is 9.69 Å². The zero-order valence-electron chi connectivity index (χ0n) is 23.3. The average Bonchev–Trinajstić information content (AvgIpc) is 3.24. The Hall–Kier alpha value is -4.82. The van der Waals surface area contributed by atoms with Gasteiger partial charge in [0, 0.05) is 5.69 Å². The minimum atomic E-state index is -0.684. The van der Waals surface area contributed by atoms with E-state index in [2.05, 4.69) is 22.8 Å². The van der Waals surface area contributed by atoms with E-state index in [0.29, 0.717) is 29.4 Å². The maximum Gasteiger partial charge on any atom is 0.329 e. The second kappa shape index (κ2) is 12.8. The summed E-state index contributed by atoms with van der Waals surface area (Å²) in [5.41, 5.74) is 3.11. The van der Waals surface area contributed by atoms with Crippen LogP contribution in [0.25, 0.3) is 16.8 Å². The van der Waals surface area contributed by atoms with Crippen LogP contribution in [0.2, 0.25) is 5.02 Å². The number of carbonyl (C=O) groups excluding carboxylic acids is 3. The molecule has 0 bridgehead atoms. The first kappa shape index (κ1) is 28.7. The van der Waals surface area contributed by atoms with Crippen molar-refractivity contribution in [2.45, 2.75) is 26.9 Å². The summed E-state index contributed by atoms with van der Waals surface area (Å²) in [6, 6.07) is 24.2. The standard InChI is InChI=1S/C33H30ClN3O5/c1-3-23-9-7-8-12-27(23)35-30(38)19-37-32(39)28(36-33(37)40)17-22-16-26(34)31(29(18-22)41-4-2)42-20-21-13-14-24-10-5-6-11-25(24)15-21/h5-18H,3-4,19-20H2,1-2H3,(H,35,38)(H,36,40)/b28-17+. The van der Waals surface area contributed by atoms with Gasteiger partial charge in [0.15, 0.2) is 11.5 Å². The Labute approximate surface area is 248 Å². The molecule has 0 spiro atoms. The van der Waals surface area contributed by atoms with Crippen molar-refractivity contribution in [2.24, 2.45) is 0 Å². The molecule has 0 aromatic heterocycles. The lowest BCUT2D eigenvalue weighted by atomic mass is 10.1. The van der Waals surface area contributed by atoms with E-state index in [-0.39, 0.29) is 17.3 Å². The molecule has 42 heavy (non-hydrogen) atoms. The monoisotopic (exact) mass is 583 g/mol. The molecule has 2 N–H and O–H groups in total. The van der Waals surface area contributed by atoms with Crippen molar-refractivity contribution in [2.75, 3.05) is 18.5 Å². The molecule has 214 valence electrons. The Kier molecular flexibility index (Phi) is 8.74. The lowest BCUT2D eigenvalue weighted by molar-refractivity contribution is -0.127. The fraction of sp³-hybridized carbons (Fsp3) is 0.182. The normalized spacial score (nSPS) is 13.9. The van der Waals surface area contributed by atoms with E-state index < -0.39 is 24.4 Å². The van der Waals surface area contributed by atoms with Gasteiger partial charge in [-0.3, -0.25) is 9.59 Å². The number of anilines is 1. The Morgan fingerprint density at radius 2 is 1.71 bits per heavy atom. The highest BCUT2D eigenvalue weighted by Gasteiger charge is 2.35. The molecule has 4 aromatic rings. The van der Waals surface area contributed by atoms with E-state index in [0.717, 1.165) is 33.2 Å². The maximum atomic E-state index is 13.1. The van der Waals surface area contributed by atoms with Crippen LogP contribution >= 0.6 is 11.6 Å². The number of imide groups is 1. The van der Waals surface area contributed by atoms with Crippen molar-refractivity contribution in [3.63, 3.8) is 0 Å². The Balaban J connectivity index is 1.30. The fourth-order valence-corrected chi connectivity index (χ4v) is 5.00. The molecule has 1 aliphatic heterocycles. The number of hydrogen-bond acceptors (Lipinski definition) is 5. The zero-order valence-corrected chi connectivity index (χ0v) is 24.0. The predicted molar refractivity (Wildman–Crippen MR) is 164 cm³/mol. The van der Waals surface area contributed by atoms with Crippen molar-refractivity contribution >= 4 is 52.0 Å². The molecule has 1 saturated heterocycles. The summed E-state index contributed by atoms with van der Waals surface area (Å²) in [7, 11) is 0. The first-order chi connectivity index (χ1) is 20.4. The molecule has 0 radical (unpaired) electrons. The van der Waals surface area contributed by atoms with Crippen LogP contribution in [0, 0.1) is 0 Å². The Morgan fingerprint density at radius 1 is 0.952 bits per heavy atom. The summed E-state index contributed by atoms with van der Waals surface area (Å²) in [6.45, 7) is 4.04. The van der Waals surface area contributed by atoms with Gasteiger partial charge in [-0.05, 0) is 71.1 Å². The summed E-state index contributed by atoms with van der Waals surface area (Å²) < 4.78 is 11.9. The second-order valence-electron chi connectivity index (χ2n) is 9.67. The van der Waals surface area contributed by atoms with Gasteiger partial charge >= 0.3 is 6.03 Å². The number of carbonyl (C=O) groups is 3. The number of urea groups is 1. The number of fused-ring (bicyclic) bond motifs is 1. The van der Waals surface area contributed by atoms with Gasteiger partial charge in [0.05, 0.1) is 11.6 Å². The minimum absolute atomic E-state index is 0.0186. The summed E-state index contributed by atoms with van der Waals surface area (Å²) >= 11 is 6.61. The zero-order chi connectivity index (χ0) is 29.6. The molecule has 0 atom stereocenters. The highest BCUT2D eigenvalue weighted by Crippen LogP contribution is 2.38. The van der Waals surface area contributed by atoms with Crippen LogP contribution in [0.4, 0.5) is 10.5 Å². The molecule has 1 fully saturated rings. The molecular formula is C33H30ClN3O5. The van der Waals surface area contributed by atoms with Crippen LogP contribution in [-0.2, 0) is 22.6 Å². The van der Waals surface area contributed by atoms with Crippen LogP contribution in [0.5, 0.6) is 11.5 Å². The summed E-state index contributed by atoms with van der Waals surface area (Å²) in [6.07, 6.45) is 2.22.